The summed E-state index contributed by atoms with van der Waals surface area (Å²) in [5.74, 6) is -0.225. The first-order valence-corrected chi connectivity index (χ1v) is 11.6. The zero-order valence-electron chi connectivity index (χ0n) is 17.3. The number of carbonyl (C=O) groups is 1. The number of sulfone groups is 1. The first kappa shape index (κ1) is 23.3. The number of amides is 1. The van der Waals surface area contributed by atoms with Crippen LogP contribution in [0.5, 0.6) is 0 Å². The maximum Gasteiger partial charge on any atom is 0.221 e. The Hall–Kier alpha value is -2.94. The van der Waals surface area contributed by atoms with E-state index in [1.807, 2.05) is 25.1 Å². The van der Waals surface area contributed by atoms with Crippen molar-refractivity contribution in [2.75, 3.05) is 18.1 Å². The fourth-order valence-corrected chi connectivity index (χ4v) is 3.67. The van der Waals surface area contributed by atoms with Crippen LogP contribution in [-0.2, 0) is 33.5 Å². The van der Waals surface area contributed by atoms with Crippen molar-refractivity contribution in [3.8, 4) is 0 Å². The summed E-state index contributed by atoms with van der Waals surface area (Å²) in [5.41, 5.74) is 2.70. The molecule has 0 bridgehead atoms. The van der Waals surface area contributed by atoms with Gasteiger partial charge in [-0.15, -0.1) is 0 Å². The Morgan fingerprint density at radius 2 is 1.87 bits per heavy atom. The van der Waals surface area contributed by atoms with Crippen LogP contribution in [0, 0.1) is 5.82 Å². The van der Waals surface area contributed by atoms with Gasteiger partial charge in [0.05, 0.1) is 12.3 Å². The third-order valence-corrected chi connectivity index (χ3v) is 4.88. The molecule has 162 valence electrons. The minimum Gasteiger partial charge on any atom is -0.357 e. The van der Waals surface area contributed by atoms with Gasteiger partial charge in [-0.1, -0.05) is 18.2 Å². The molecule has 2 aromatic rings. The van der Waals surface area contributed by atoms with Gasteiger partial charge >= 0.3 is 0 Å². The van der Waals surface area contributed by atoms with E-state index in [1.54, 1.807) is 6.07 Å². The predicted octanol–water partition coefficient (Wildman–Crippen LogP) is 2.58. The Morgan fingerprint density at radius 3 is 2.53 bits per heavy atom. The quantitative estimate of drug-likeness (QED) is 0.438. The topological polar surface area (TPSA) is 99.7 Å². The number of aliphatic imine (C=N–C) groups is 1. The molecule has 3 N–H and O–H groups in total. The lowest BCUT2D eigenvalue weighted by Gasteiger charge is -2.14. The highest BCUT2D eigenvalue weighted by Crippen LogP contribution is 2.15. The van der Waals surface area contributed by atoms with Gasteiger partial charge in [-0.2, -0.15) is 0 Å². The molecule has 30 heavy (non-hydrogen) atoms. The fraction of sp³-hybridized carbons (Fsp3) is 0.333. The molecule has 2 aromatic carbocycles. The SMILES string of the molecule is CCNC(=NCc1cccc(NC(C)=O)c1)NCc1cc(F)ccc1CS(C)(=O)=O. The van der Waals surface area contributed by atoms with E-state index in [-0.39, 0.29) is 18.2 Å². The third kappa shape index (κ3) is 8.20. The number of anilines is 1. The smallest absolute Gasteiger partial charge is 0.221 e. The number of nitrogens with one attached hydrogen (secondary N) is 3. The molecule has 2 rings (SSSR count). The molecule has 7 nitrogen and oxygen atoms in total. The van der Waals surface area contributed by atoms with Crippen LogP contribution in [0.4, 0.5) is 10.1 Å². The first-order chi connectivity index (χ1) is 14.2. The molecule has 0 aliphatic carbocycles. The summed E-state index contributed by atoms with van der Waals surface area (Å²) in [7, 11) is -3.25. The summed E-state index contributed by atoms with van der Waals surface area (Å²) < 4.78 is 37.0. The largest absolute Gasteiger partial charge is 0.357 e. The van der Waals surface area contributed by atoms with Crippen LogP contribution in [0.3, 0.4) is 0 Å². The molecule has 0 aliphatic rings. The lowest BCUT2D eigenvalue weighted by atomic mass is 10.1. The molecule has 0 saturated heterocycles. The molecule has 0 heterocycles. The monoisotopic (exact) mass is 434 g/mol. The Balaban J connectivity index is 2.13. The van der Waals surface area contributed by atoms with Crippen LogP contribution in [-0.4, -0.2) is 33.1 Å². The van der Waals surface area contributed by atoms with Crippen molar-refractivity contribution in [2.45, 2.75) is 32.7 Å². The first-order valence-electron chi connectivity index (χ1n) is 9.50. The van der Waals surface area contributed by atoms with Crippen LogP contribution in [0.25, 0.3) is 0 Å². The normalized spacial score (nSPS) is 11.8. The second kappa shape index (κ2) is 10.7. The van der Waals surface area contributed by atoms with Crippen molar-refractivity contribution in [1.82, 2.24) is 10.6 Å². The Morgan fingerprint density at radius 1 is 1.10 bits per heavy atom. The molecule has 0 saturated carbocycles. The molecule has 0 atom stereocenters. The molecular formula is C21H27FN4O3S. The highest BCUT2D eigenvalue weighted by Gasteiger charge is 2.11. The molecule has 0 spiro atoms. The number of hydrogen-bond acceptors (Lipinski definition) is 4. The number of rotatable bonds is 8. The molecule has 9 heteroatoms. The minimum atomic E-state index is -3.25. The molecule has 0 aromatic heterocycles. The number of nitrogens with zero attached hydrogens (tertiary/aromatic N) is 1. The van der Waals surface area contributed by atoms with E-state index >= 15 is 0 Å². The zero-order valence-corrected chi connectivity index (χ0v) is 18.1. The Bertz CT molecular complexity index is 1020. The molecule has 0 aliphatic heterocycles. The van der Waals surface area contributed by atoms with Crippen LogP contribution in [0.15, 0.2) is 47.5 Å². The van der Waals surface area contributed by atoms with Crippen molar-refractivity contribution in [3.63, 3.8) is 0 Å². The lowest BCUT2D eigenvalue weighted by Crippen LogP contribution is -2.37. The van der Waals surface area contributed by atoms with Crippen molar-refractivity contribution in [1.29, 1.82) is 0 Å². The van der Waals surface area contributed by atoms with Gasteiger partial charge in [-0.3, -0.25) is 4.79 Å². The second-order valence-electron chi connectivity index (χ2n) is 6.91. The van der Waals surface area contributed by atoms with Crippen molar-refractivity contribution < 1.29 is 17.6 Å². The summed E-state index contributed by atoms with van der Waals surface area (Å²) in [4.78, 5) is 15.7. The van der Waals surface area contributed by atoms with E-state index < -0.39 is 15.7 Å². The molecule has 0 fully saturated rings. The van der Waals surface area contributed by atoms with Gasteiger partial charge in [-0.25, -0.2) is 17.8 Å². The second-order valence-corrected chi connectivity index (χ2v) is 9.05. The maximum atomic E-state index is 13.7. The van der Waals surface area contributed by atoms with Crippen molar-refractivity contribution in [2.24, 2.45) is 4.99 Å². The fourth-order valence-electron chi connectivity index (χ4n) is 2.82. The summed E-state index contributed by atoms with van der Waals surface area (Å²) >= 11 is 0. The summed E-state index contributed by atoms with van der Waals surface area (Å²) in [5, 5.41) is 8.96. The molecule has 0 unspecified atom stereocenters. The average molecular weight is 435 g/mol. The Labute approximate surface area is 176 Å². The zero-order chi connectivity index (χ0) is 22.1. The van der Waals surface area contributed by atoms with Crippen LogP contribution in [0.2, 0.25) is 0 Å². The van der Waals surface area contributed by atoms with Gasteiger partial charge in [0, 0.05) is 32.0 Å². The van der Waals surface area contributed by atoms with E-state index in [4.69, 9.17) is 0 Å². The van der Waals surface area contributed by atoms with E-state index in [2.05, 4.69) is 20.9 Å². The highest BCUT2D eigenvalue weighted by atomic mass is 32.2. The third-order valence-electron chi connectivity index (χ3n) is 4.04. The van der Waals surface area contributed by atoms with Gasteiger partial charge in [0.25, 0.3) is 0 Å². The van der Waals surface area contributed by atoms with Gasteiger partial charge in [0.15, 0.2) is 15.8 Å². The predicted molar refractivity (Wildman–Crippen MR) is 117 cm³/mol. The number of hydrogen-bond donors (Lipinski definition) is 3. The number of halogens is 1. The summed E-state index contributed by atoms with van der Waals surface area (Å²) in [6.45, 7) is 4.58. The lowest BCUT2D eigenvalue weighted by molar-refractivity contribution is -0.114. The Kier molecular flexibility index (Phi) is 8.35. The van der Waals surface area contributed by atoms with Crippen molar-refractivity contribution >= 4 is 27.4 Å². The molecule has 1 amide bonds. The maximum absolute atomic E-state index is 13.7. The average Bonchev–Trinajstić information content (AvgIpc) is 2.64. The van der Waals surface area contributed by atoms with Crippen LogP contribution < -0.4 is 16.0 Å². The number of benzene rings is 2. The standard InChI is InChI=1S/C21H27FN4O3S/c1-4-23-21(24-12-16-6-5-7-20(10-16)26-15(2)27)25-13-18-11-19(22)9-8-17(18)14-30(3,28)29/h5-11H,4,12-14H2,1-3H3,(H,26,27)(H2,23,24,25). The van der Waals surface area contributed by atoms with Gasteiger partial charge in [0.2, 0.25) is 5.91 Å². The van der Waals surface area contributed by atoms with Gasteiger partial charge < -0.3 is 16.0 Å². The van der Waals surface area contributed by atoms with Crippen molar-refractivity contribution in [3.05, 3.63) is 65.0 Å². The van der Waals surface area contributed by atoms with E-state index in [0.717, 1.165) is 11.8 Å². The summed E-state index contributed by atoms with van der Waals surface area (Å²) in [6, 6.07) is 11.4. The number of carbonyl (C=O) groups excluding carboxylic acids is 1. The minimum absolute atomic E-state index is 0.148. The van der Waals surface area contributed by atoms with E-state index in [0.29, 0.717) is 35.9 Å². The van der Waals surface area contributed by atoms with Gasteiger partial charge in [0.1, 0.15) is 5.82 Å². The van der Waals surface area contributed by atoms with Crippen LogP contribution in [0.1, 0.15) is 30.5 Å². The van der Waals surface area contributed by atoms with Gasteiger partial charge in [-0.05, 0) is 47.9 Å². The molecular weight excluding hydrogens is 407 g/mol. The van der Waals surface area contributed by atoms with Crippen LogP contribution >= 0.6 is 0 Å². The van der Waals surface area contributed by atoms with E-state index in [1.165, 1.54) is 25.1 Å². The number of guanidine groups is 1. The molecule has 0 radical (unpaired) electrons. The highest BCUT2D eigenvalue weighted by molar-refractivity contribution is 7.89. The van der Waals surface area contributed by atoms with E-state index in [9.17, 15) is 17.6 Å². The summed E-state index contributed by atoms with van der Waals surface area (Å²) in [6.07, 6.45) is 1.15.